The maximum atomic E-state index is 12.4. The van der Waals surface area contributed by atoms with E-state index in [2.05, 4.69) is 9.71 Å². The van der Waals surface area contributed by atoms with E-state index in [1.54, 1.807) is 19.1 Å². The molecule has 0 amide bonds. The van der Waals surface area contributed by atoms with Gasteiger partial charge < -0.3 is 5.73 Å². The van der Waals surface area contributed by atoms with Gasteiger partial charge in [-0.2, -0.15) is 0 Å². The number of nitrogens with zero attached hydrogens (tertiary/aromatic N) is 1. The Labute approximate surface area is 129 Å². The molecule has 0 aliphatic rings. The number of hydrogen-bond acceptors (Lipinski definition) is 4. The third-order valence-corrected chi connectivity index (χ3v) is 5.45. The molecule has 0 radical (unpaired) electrons. The van der Waals surface area contributed by atoms with Crippen LogP contribution in [0, 0.1) is 6.92 Å². The summed E-state index contributed by atoms with van der Waals surface area (Å²) in [5, 5.41) is -0.0308. The normalized spacial score (nSPS) is 13.0. The molecule has 0 saturated carbocycles. The Kier molecular flexibility index (Phi) is 4.43. The molecule has 1 atom stereocenters. The number of thiocarbonyl (C=S) groups is 1. The number of pyridine rings is 1. The van der Waals surface area contributed by atoms with Gasteiger partial charge in [-0.1, -0.05) is 37.3 Å². The predicted octanol–water partition coefficient (Wildman–Crippen LogP) is 2.35. The molecular formula is C14H17N3O2S2. The van der Waals surface area contributed by atoms with Crippen LogP contribution in [0.5, 0.6) is 0 Å². The molecule has 0 spiro atoms. The highest BCUT2D eigenvalue weighted by molar-refractivity contribution is 7.95. The first-order valence-corrected chi connectivity index (χ1v) is 8.48. The fraction of sp³-hybridized carbons (Fsp3) is 0.286. The zero-order valence-corrected chi connectivity index (χ0v) is 13.5. The van der Waals surface area contributed by atoms with E-state index >= 15 is 0 Å². The Bertz CT molecular complexity index is 788. The van der Waals surface area contributed by atoms with E-state index in [4.69, 9.17) is 18.0 Å². The number of benzene rings is 1. The Morgan fingerprint density at radius 2 is 2.10 bits per heavy atom. The van der Waals surface area contributed by atoms with Crippen molar-refractivity contribution in [3.63, 3.8) is 0 Å². The molecule has 0 fully saturated rings. The first-order valence-electron chi connectivity index (χ1n) is 6.52. The van der Waals surface area contributed by atoms with E-state index in [0.717, 1.165) is 11.1 Å². The number of para-hydroxylation sites is 1. The molecule has 1 aromatic carbocycles. The quantitative estimate of drug-likeness (QED) is 0.825. The highest BCUT2D eigenvalue weighted by Crippen LogP contribution is 2.24. The summed E-state index contributed by atoms with van der Waals surface area (Å²) in [6.45, 7) is 3.59. The van der Waals surface area contributed by atoms with Gasteiger partial charge in [0.2, 0.25) is 10.0 Å². The summed E-state index contributed by atoms with van der Waals surface area (Å²) in [5.74, 6) is 0. The second-order valence-corrected chi connectivity index (χ2v) is 7.11. The third kappa shape index (κ3) is 3.30. The minimum Gasteiger partial charge on any atom is -0.392 e. The van der Waals surface area contributed by atoms with Crippen molar-refractivity contribution in [2.24, 2.45) is 5.73 Å². The summed E-state index contributed by atoms with van der Waals surface area (Å²) >= 11 is 4.84. The molecule has 0 aliphatic carbocycles. The maximum Gasteiger partial charge on any atom is 0.242 e. The molecule has 3 N–H and O–H groups in total. The molecule has 112 valence electrons. The summed E-state index contributed by atoms with van der Waals surface area (Å²) in [6, 6.07) is 9.12. The Morgan fingerprint density at radius 1 is 1.38 bits per heavy atom. The average Bonchev–Trinajstić information content (AvgIpc) is 2.39. The van der Waals surface area contributed by atoms with Crippen LogP contribution in [0.2, 0.25) is 0 Å². The standard InChI is InChI=1S/C14H17N3O2S2/c1-3-12(14(15)20)21(18,19)17-11-6-4-5-10-8-7-9(2)16-13(10)11/h4-8,12,17H,3H2,1-2H3,(H2,15,20). The SMILES string of the molecule is CCC(C(N)=S)S(=O)(=O)Nc1cccc2ccc(C)nc12. The molecule has 2 aromatic rings. The van der Waals surface area contributed by atoms with Gasteiger partial charge in [0.05, 0.1) is 16.2 Å². The monoisotopic (exact) mass is 323 g/mol. The molecular weight excluding hydrogens is 306 g/mol. The second kappa shape index (κ2) is 5.95. The van der Waals surface area contributed by atoms with Crippen molar-refractivity contribution in [1.82, 2.24) is 4.98 Å². The summed E-state index contributed by atoms with van der Waals surface area (Å²) in [4.78, 5) is 4.37. The number of anilines is 1. The number of rotatable bonds is 5. The molecule has 1 aromatic heterocycles. The number of aryl methyl sites for hydroxylation is 1. The van der Waals surface area contributed by atoms with Gasteiger partial charge in [0, 0.05) is 11.1 Å². The largest absolute Gasteiger partial charge is 0.392 e. The van der Waals surface area contributed by atoms with Crippen molar-refractivity contribution < 1.29 is 8.42 Å². The van der Waals surface area contributed by atoms with Gasteiger partial charge in [-0.25, -0.2) is 8.42 Å². The van der Waals surface area contributed by atoms with E-state index in [-0.39, 0.29) is 4.99 Å². The van der Waals surface area contributed by atoms with Gasteiger partial charge in [0.25, 0.3) is 0 Å². The zero-order valence-electron chi connectivity index (χ0n) is 11.8. The van der Waals surface area contributed by atoms with Crippen LogP contribution in [0.25, 0.3) is 10.9 Å². The molecule has 7 heteroatoms. The van der Waals surface area contributed by atoms with Gasteiger partial charge in [-0.3, -0.25) is 9.71 Å². The van der Waals surface area contributed by atoms with Gasteiger partial charge in [-0.05, 0) is 25.5 Å². The smallest absolute Gasteiger partial charge is 0.242 e. The maximum absolute atomic E-state index is 12.4. The van der Waals surface area contributed by atoms with Crippen LogP contribution in [0.15, 0.2) is 30.3 Å². The van der Waals surface area contributed by atoms with Gasteiger partial charge in [0.1, 0.15) is 5.25 Å². The van der Waals surface area contributed by atoms with Crippen molar-refractivity contribution in [2.45, 2.75) is 25.5 Å². The third-order valence-electron chi connectivity index (χ3n) is 3.17. The summed E-state index contributed by atoms with van der Waals surface area (Å²) in [7, 11) is -3.69. The van der Waals surface area contributed by atoms with Crippen molar-refractivity contribution in [3.05, 3.63) is 36.0 Å². The van der Waals surface area contributed by atoms with Gasteiger partial charge >= 0.3 is 0 Å². The van der Waals surface area contributed by atoms with Crippen LogP contribution in [-0.2, 0) is 10.0 Å². The van der Waals surface area contributed by atoms with Crippen LogP contribution in [0.1, 0.15) is 19.0 Å². The number of fused-ring (bicyclic) bond motifs is 1. The fourth-order valence-electron chi connectivity index (χ4n) is 2.12. The second-order valence-electron chi connectivity index (χ2n) is 4.78. The Morgan fingerprint density at radius 3 is 2.71 bits per heavy atom. The number of nitrogens with one attached hydrogen (secondary N) is 1. The minimum absolute atomic E-state index is 0.0330. The van der Waals surface area contributed by atoms with E-state index in [1.807, 2.05) is 25.1 Å². The van der Waals surface area contributed by atoms with Gasteiger partial charge in [-0.15, -0.1) is 0 Å². The lowest BCUT2D eigenvalue weighted by molar-refractivity contribution is 0.594. The number of nitrogens with two attached hydrogens (primary N) is 1. The predicted molar refractivity (Wildman–Crippen MR) is 89.9 cm³/mol. The van der Waals surface area contributed by atoms with Crippen molar-refractivity contribution >= 4 is 43.8 Å². The van der Waals surface area contributed by atoms with Crippen LogP contribution in [0.4, 0.5) is 5.69 Å². The number of hydrogen-bond donors (Lipinski definition) is 2. The highest BCUT2D eigenvalue weighted by Gasteiger charge is 2.27. The van der Waals surface area contributed by atoms with E-state index in [0.29, 0.717) is 17.6 Å². The van der Waals surface area contributed by atoms with Crippen LogP contribution >= 0.6 is 12.2 Å². The average molecular weight is 323 g/mol. The lowest BCUT2D eigenvalue weighted by Gasteiger charge is -2.17. The summed E-state index contributed by atoms with van der Waals surface area (Å²) in [6.07, 6.45) is 0.321. The van der Waals surface area contributed by atoms with Crippen LogP contribution < -0.4 is 10.5 Å². The molecule has 21 heavy (non-hydrogen) atoms. The van der Waals surface area contributed by atoms with Crippen molar-refractivity contribution in [2.75, 3.05) is 4.72 Å². The lowest BCUT2D eigenvalue weighted by atomic mass is 10.2. The highest BCUT2D eigenvalue weighted by atomic mass is 32.2. The van der Waals surface area contributed by atoms with E-state index in [9.17, 15) is 8.42 Å². The molecule has 1 unspecified atom stereocenters. The zero-order chi connectivity index (χ0) is 15.6. The van der Waals surface area contributed by atoms with E-state index in [1.165, 1.54) is 0 Å². The van der Waals surface area contributed by atoms with Crippen LogP contribution in [-0.4, -0.2) is 23.6 Å². The molecule has 0 aliphatic heterocycles. The molecule has 0 saturated heterocycles. The number of sulfonamides is 1. The summed E-state index contributed by atoms with van der Waals surface area (Å²) in [5.41, 5.74) is 7.38. The van der Waals surface area contributed by atoms with Crippen LogP contribution in [0.3, 0.4) is 0 Å². The lowest BCUT2D eigenvalue weighted by Crippen LogP contribution is -2.37. The summed E-state index contributed by atoms with van der Waals surface area (Å²) < 4.78 is 27.4. The molecule has 2 rings (SSSR count). The first-order chi connectivity index (χ1) is 9.85. The first kappa shape index (κ1) is 15.7. The molecule has 5 nitrogen and oxygen atoms in total. The Balaban J connectivity index is 2.49. The molecule has 1 heterocycles. The van der Waals surface area contributed by atoms with E-state index < -0.39 is 15.3 Å². The minimum atomic E-state index is -3.69. The molecule has 0 bridgehead atoms. The van der Waals surface area contributed by atoms with Gasteiger partial charge in [0.15, 0.2) is 0 Å². The number of aromatic nitrogens is 1. The topological polar surface area (TPSA) is 85.1 Å². The fourth-order valence-corrected chi connectivity index (χ4v) is 4.03. The Hall–Kier alpha value is -1.73. The van der Waals surface area contributed by atoms with Crippen molar-refractivity contribution in [1.29, 1.82) is 0 Å². The van der Waals surface area contributed by atoms with Crippen molar-refractivity contribution in [3.8, 4) is 0 Å².